The summed E-state index contributed by atoms with van der Waals surface area (Å²) in [7, 11) is 1.62. The number of halogens is 1. The minimum Gasteiger partial charge on any atom is -0.377 e. The van der Waals surface area contributed by atoms with Crippen molar-refractivity contribution in [1.29, 1.82) is 0 Å². The Morgan fingerprint density at radius 2 is 2.00 bits per heavy atom. The predicted octanol–water partition coefficient (Wildman–Crippen LogP) is 3.65. The molecule has 0 aliphatic carbocycles. The van der Waals surface area contributed by atoms with Gasteiger partial charge in [0.15, 0.2) is 0 Å². The zero-order valence-electron chi connectivity index (χ0n) is 15.8. The van der Waals surface area contributed by atoms with Crippen LogP contribution in [0.4, 0.5) is 10.1 Å². The summed E-state index contributed by atoms with van der Waals surface area (Å²) < 4.78 is 18.3. The van der Waals surface area contributed by atoms with Crippen LogP contribution in [0.25, 0.3) is 0 Å². The van der Waals surface area contributed by atoms with Crippen LogP contribution in [0.3, 0.4) is 0 Å². The first-order valence-corrected chi connectivity index (χ1v) is 9.02. The molecule has 2 amide bonds. The molecule has 1 unspecified atom stereocenters. The van der Waals surface area contributed by atoms with Gasteiger partial charge < -0.3 is 10.1 Å². The van der Waals surface area contributed by atoms with Crippen LogP contribution in [0, 0.1) is 5.82 Å². The molecule has 0 saturated heterocycles. The minimum atomic E-state index is -0.348. The number of benzene rings is 2. The molecule has 2 aromatic carbocycles. The highest BCUT2D eigenvalue weighted by atomic mass is 19.1. The number of hydrazone groups is 1. The zero-order valence-corrected chi connectivity index (χ0v) is 15.8. The van der Waals surface area contributed by atoms with Crippen LogP contribution in [0.2, 0.25) is 0 Å². The number of hydrogen-bond donors (Lipinski definition) is 1. The first kappa shape index (κ1) is 19.7. The number of nitrogens with zero attached hydrogens (tertiary/aromatic N) is 2. The first-order valence-electron chi connectivity index (χ1n) is 9.02. The maximum atomic E-state index is 13.0. The SMILES string of the molecule is COC(C)c1cccc(NC(=O)C2=NN(Cc3ccc(F)cc3)C(=O)CC2)c1. The van der Waals surface area contributed by atoms with E-state index in [1.807, 2.05) is 25.1 Å². The third kappa shape index (κ3) is 4.80. The highest BCUT2D eigenvalue weighted by Crippen LogP contribution is 2.20. The van der Waals surface area contributed by atoms with Gasteiger partial charge in [0, 0.05) is 25.6 Å². The molecule has 146 valence electrons. The molecule has 1 aliphatic rings. The molecule has 2 aromatic rings. The van der Waals surface area contributed by atoms with Gasteiger partial charge in [-0.15, -0.1) is 0 Å². The second-order valence-corrected chi connectivity index (χ2v) is 6.58. The quantitative estimate of drug-likeness (QED) is 0.828. The van der Waals surface area contributed by atoms with Gasteiger partial charge in [0.05, 0.1) is 12.6 Å². The summed E-state index contributed by atoms with van der Waals surface area (Å²) in [6, 6.07) is 13.2. The van der Waals surface area contributed by atoms with E-state index in [-0.39, 0.29) is 48.8 Å². The highest BCUT2D eigenvalue weighted by Gasteiger charge is 2.24. The number of methoxy groups -OCH3 is 1. The van der Waals surface area contributed by atoms with Crippen molar-refractivity contribution in [3.63, 3.8) is 0 Å². The van der Waals surface area contributed by atoms with Crippen molar-refractivity contribution in [2.45, 2.75) is 32.4 Å². The Bertz CT molecular complexity index is 896. The smallest absolute Gasteiger partial charge is 0.271 e. The second kappa shape index (κ2) is 8.75. The maximum absolute atomic E-state index is 13.0. The molecule has 6 nitrogen and oxygen atoms in total. The monoisotopic (exact) mass is 383 g/mol. The van der Waals surface area contributed by atoms with Crippen molar-refractivity contribution in [2.24, 2.45) is 5.10 Å². The van der Waals surface area contributed by atoms with Crippen molar-refractivity contribution in [3.8, 4) is 0 Å². The summed E-state index contributed by atoms with van der Waals surface area (Å²) in [5.74, 6) is -0.863. The molecule has 1 atom stereocenters. The number of ether oxygens (including phenoxy) is 1. The molecule has 1 N–H and O–H groups in total. The number of nitrogens with one attached hydrogen (secondary N) is 1. The van der Waals surface area contributed by atoms with Gasteiger partial charge in [-0.1, -0.05) is 24.3 Å². The normalized spacial score (nSPS) is 15.2. The first-order chi connectivity index (χ1) is 13.5. The van der Waals surface area contributed by atoms with Crippen LogP contribution < -0.4 is 5.32 Å². The van der Waals surface area contributed by atoms with Crippen molar-refractivity contribution >= 4 is 23.2 Å². The molecule has 1 aliphatic heterocycles. The number of hydrogen-bond acceptors (Lipinski definition) is 4. The van der Waals surface area contributed by atoms with Crippen molar-refractivity contribution in [3.05, 3.63) is 65.5 Å². The van der Waals surface area contributed by atoms with E-state index in [4.69, 9.17) is 4.74 Å². The maximum Gasteiger partial charge on any atom is 0.271 e. The molecule has 1 heterocycles. The van der Waals surface area contributed by atoms with E-state index < -0.39 is 0 Å². The van der Waals surface area contributed by atoms with Crippen molar-refractivity contribution < 1.29 is 18.7 Å². The summed E-state index contributed by atoms with van der Waals surface area (Å²) in [4.78, 5) is 24.8. The fourth-order valence-corrected chi connectivity index (χ4v) is 2.86. The van der Waals surface area contributed by atoms with E-state index >= 15 is 0 Å². The van der Waals surface area contributed by atoms with Gasteiger partial charge in [-0.2, -0.15) is 5.10 Å². The van der Waals surface area contributed by atoms with Crippen LogP contribution in [-0.2, 0) is 20.9 Å². The van der Waals surface area contributed by atoms with Crippen LogP contribution in [0.1, 0.15) is 37.0 Å². The molecule has 7 heteroatoms. The van der Waals surface area contributed by atoms with Crippen molar-refractivity contribution in [2.75, 3.05) is 12.4 Å². The molecule has 0 radical (unpaired) electrons. The third-order valence-electron chi connectivity index (χ3n) is 4.58. The summed E-state index contributed by atoms with van der Waals surface area (Å²) >= 11 is 0. The second-order valence-electron chi connectivity index (χ2n) is 6.58. The number of rotatable bonds is 6. The Morgan fingerprint density at radius 1 is 1.25 bits per heavy atom. The molecule has 0 bridgehead atoms. The Labute approximate surface area is 163 Å². The van der Waals surface area contributed by atoms with E-state index in [0.717, 1.165) is 11.1 Å². The van der Waals surface area contributed by atoms with Crippen LogP contribution in [-0.4, -0.2) is 29.6 Å². The summed E-state index contributed by atoms with van der Waals surface area (Å²) in [5, 5.41) is 8.30. The highest BCUT2D eigenvalue weighted by molar-refractivity contribution is 6.43. The van der Waals surface area contributed by atoms with E-state index in [1.165, 1.54) is 17.1 Å². The van der Waals surface area contributed by atoms with E-state index in [2.05, 4.69) is 10.4 Å². The number of anilines is 1. The summed E-state index contributed by atoms with van der Waals surface area (Å²) in [6.45, 7) is 2.11. The molecule has 28 heavy (non-hydrogen) atoms. The van der Waals surface area contributed by atoms with Gasteiger partial charge in [0.2, 0.25) is 5.91 Å². The van der Waals surface area contributed by atoms with Gasteiger partial charge in [0.1, 0.15) is 11.5 Å². The molecule has 3 rings (SSSR count). The number of carbonyl (C=O) groups is 2. The fourth-order valence-electron chi connectivity index (χ4n) is 2.86. The lowest BCUT2D eigenvalue weighted by Gasteiger charge is -2.23. The molecular weight excluding hydrogens is 361 g/mol. The van der Waals surface area contributed by atoms with E-state index in [0.29, 0.717) is 5.69 Å². The van der Waals surface area contributed by atoms with Crippen LogP contribution in [0.5, 0.6) is 0 Å². The Hall–Kier alpha value is -3.06. The van der Waals surface area contributed by atoms with E-state index in [9.17, 15) is 14.0 Å². The average molecular weight is 383 g/mol. The summed E-state index contributed by atoms with van der Waals surface area (Å²) in [6.07, 6.45) is 0.389. The molecular formula is C21H22FN3O3. The van der Waals surface area contributed by atoms with Gasteiger partial charge in [-0.25, -0.2) is 9.40 Å². The Morgan fingerprint density at radius 3 is 2.71 bits per heavy atom. The Kier molecular flexibility index (Phi) is 6.16. The van der Waals surface area contributed by atoms with Crippen LogP contribution in [0.15, 0.2) is 53.6 Å². The van der Waals surface area contributed by atoms with Crippen molar-refractivity contribution in [1.82, 2.24) is 5.01 Å². The lowest BCUT2D eigenvalue weighted by atomic mass is 10.1. The summed E-state index contributed by atoms with van der Waals surface area (Å²) in [5.41, 5.74) is 2.60. The Balaban J connectivity index is 1.72. The third-order valence-corrected chi connectivity index (χ3v) is 4.58. The van der Waals surface area contributed by atoms with Gasteiger partial charge in [0.25, 0.3) is 5.91 Å². The molecule has 0 aromatic heterocycles. The van der Waals surface area contributed by atoms with E-state index in [1.54, 1.807) is 25.3 Å². The largest absolute Gasteiger partial charge is 0.377 e. The van der Waals surface area contributed by atoms with Gasteiger partial charge >= 0.3 is 0 Å². The van der Waals surface area contributed by atoms with Gasteiger partial charge in [-0.3, -0.25) is 9.59 Å². The topological polar surface area (TPSA) is 71.0 Å². The average Bonchev–Trinajstić information content (AvgIpc) is 2.70. The fraction of sp³-hybridized carbons (Fsp3) is 0.286. The lowest BCUT2D eigenvalue weighted by Crippen LogP contribution is -2.36. The zero-order chi connectivity index (χ0) is 20.1. The predicted molar refractivity (Wildman–Crippen MR) is 104 cm³/mol. The molecule has 0 fully saturated rings. The van der Waals surface area contributed by atoms with Gasteiger partial charge in [-0.05, 0) is 42.3 Å². The molecule has 0 saturated carbocycles. The minimum absolute atomic E-state index is 0.0901. The number of amides is 2. The standard InChI is InChI=1S/C21H22FN3O3/c1-14(28-2)16-4-3-5-18(12-16)23-21(27)19-10-11-20(26)25(24-19)13-15-6-8-17(22)9-7-15/h3-9,12,14H,10-11,13H2,1-2H3,(H,23,27). The number of carbonyl (C=O) groups excluding carboxylic acids is 2. The van der Waals surface area contributed by atoms with Crippen LogP contribution >= 0.6 is 0 Å². The lowest BCUT2D eigenvalue weighted by molar-refractivity contribution is -0.132. The molecule has 0 spiro atoms.